The zero-order valence-electron chi connectivity index (χ0n) is 7.09. The van der Waals surface area contributed by atoms with Gasteiger partial charge < -0.3 is 10.4 Å². The molecule has 0 aromatic rings. The van der Waals surface area contributed by atoms with Gasteiger partial charge in [-0.3, -0.25) is 0 Å². The van der Waals surface area contributed by atoms with Crippen molar-refractivity contribution in [1.29, 1.82) is 0 Å². The summed E-state index contributed by atoms with van der Waals surface area (Å²) in [7, 11) is 0. The first-order chi connectivity index (χ1) is 5.29. The molecule has 0 radical (unpaired) electrons. The SMILES string of the molecule is CC1CC2CC(CO)C(C1)N2. The Morgan fingerprint density at radius 1 is 1.36 bits per heavy atom. The fourth-order valence-corrected chi connectivity index (χ4v) is 2.68. The van der Waals surface area contributed by atoms with Crippen LogP contribution in [0.5, 0.6) is 0 Å². The summed E-state index contributed by atoms with van der Waals surface area (Å²) in [5, 5.41) is 12.6. The lowest BCUT2D eigenvalue weighted by atomic mass is 9.93. The zero-order valence-corrected chi connectivity index (χ0v) is 7.09. The van der Waals surface area contributed by atoms with E-state index in [2.05, 4.69) is 12.2 Å². The van der Waals surface area contributed by atoms with Crippen molar-refractivity contribution in [3.8, 4) is 0 Å². The molecule has 11 heavy (non-hydrogen) atoms. The molecule has 2 aliphatic rings. The van der Waals surface area contributed by atoms with E-state index in [1.165, 1.54) is 19.3 Å². The molecule has 2 heterocycles. The maximum atomic E-state index is 9.06. The van der Waals surface area contributed by atoms with Gasteiger partial charge in [-0.25, -0.2) is 0 Å². The largest absolute Gasteiger partial charge is 0.396 e. The van der Waals surface area contributed by atoms with Gasteiger partial charge in [-0.1, -0.05) is 6.92 Å². The van der Waals surface area contributed by atoms with Crippen molar-refractivity contribution in [3.05, 3.63) is 0 Å². The smallest absolute Gasteiger partial charge is 0.0474 e. The van der Waals surface area contributed by atoms with Crippen LogP contribution in [-0.4, -0.2) is 23.8 Å². The van der Waals surface area contributed by atoms with Crippen LogP contribution in [-0.2, 0) is 0 Å². The van der Waals surface area contributed by atoms with E-state index >= 15 is 0 Å². The van der Waals surface area contributed by atoms with E-state index < -0.39 is 0 Å². The average Bonchev–Trinajstić information content (AvgIpc) is 2.25. The van der Waals surface area contributed by atoms with Crippen molar-refractivity contribution in [2.45, 2.75) is 38.3 Å². The molecule has 2 fully saturated rings. The van der Waals surface area contributed by atoms with Crippen LogP contribution in [0.15, 0.2) is 0 Å². The predicted octanol–water partition coefficient (Wildman–Crippen LogP) is 0.755. The Labute approximate surface area is 68.0 Å². The highest BCUT2D eigenvalue weighted by Gasteiger charge is 2.38. The minimum atomic E-state index is 0.376. The van der Waals surface area contributed by atoms with Crippen molar-refractivity contribution in [1.82, 2.24) is 5.32 Å². The minimum Gasteiger partial charge on any atom is -0.396 e. The Morgan fingerprint density at radius 3 is 2.91 bits per heavy atom. The van der Waals surface area contributed by atoms with E-state index in [-0.39, 0.29) is 0 Å². The van der Waals surface area contributed by atoms with Gasteiger partial charge in [0.25, 0.3) is 0 Å². The van der Waals surface area contributed by atoms with Gasteiger partial charge in [0, 0.05) is 18.7 Å². The zero-order chi connectivity index (χ0) is 7.84. The molecular weight excluding hydrogens is 138 g/mol. The standard InChI is InChI=1S/C9H17NO/c1-6-2-8-4-7(5-11)9(3-6)10-8/h6-11H,2-5H2,1H3. The molecule has 2 rings (SSSR count). The maximum Gasteiger partial charge on any atom is 0.0474 e. The fourth-order valence-electron chi connectivity index (χ4n) is 2.68. The summed E-state index contributed by atoms with van der Waals surface area (Å²) in [6.07, 6.45) is 3.78. The van der Waals surface area contributed by atoms with Crippen molar-refractivity contribution in [3.63, 3.8) is 0 Å². The second-order valence-corrected chi connectivity index (χ2v) is 4.23. The normalized spacial score (nSPS) is 49.6. The first-order valence-electron chi connectivity index (χ1n) is 4.66. The summed E-state index contributed by atoms with van der Waals surface area (Å²) in [4.78, 5) is 0. The van der Waals surface area contributed by atoms with E-state index in [9.17, 15) is 0 Å². The highest BCUT2D eigenvalue weighted by Crippen LogP contribution is 2.34. The summed E-state index contributed by atoms with van der Waals surface area (Å²) in [6, 6.07) is 1.33. The second-order valence-electron chi connectivity index (χ2n) is 4.23. The molecule has 0 amide bonds. The highest BCUT2D eigenvalue weighted by atomic mass is 16.3. The molecule has 2 saturated heterocycles. The fraction of sp³-hybridized carbons (Fsp3) is 1.00. The number of aliphatic hydroxyl groups is 1. The molecule has 4 unspecified atom stereocenters. The van der Waals surface area contributed by atoms with Crippen LogP contribution in [0.4, 0.5) is 0 Å². The summed E-state index contributed by atoms with van der Waals surface area (Å²) in [5.41, 5.74) is 0. The third-order valence-corrected chi connectivity index (χ3v) is 3.18. The summed E-state index contributed by atoms with van der Waals surface area (Å²) in [6.45, 7) is 2.70. The molecule has 2 heteroatoms. The molecule has 0 aromatic heterocycles. The van der Waals surface area contributed by atoms with Crippen LogP contribution in [0.25, 0.3) is 0 Å². The number of nitrogens with one attached hydrogen (secondary N) is 1. The van der Waals surface area contributed by atoms with Crippen LogP contribution < -0.4 is 5.32 Å². The number of hydrogen-bond acceptors (Lipinski definition) is 2. The van der Waals surface area contributed by atoms with Crippen molar-refractivity contribution in [2.75, 3.05) is 6.61 Å². The van der Waals surface area contributed by atoms with E-state index in [4.69, 9.17) is 5.11 Å². The first kappa shape index (κ1) is 7.56. The molecular formula is C9H17NO. The number of hydrogen-bond donors (Lipinski definition) is 2. The Bertz CT molecular complexity index is 148. The Morgan fingerprint density at radius 2 is 2.18 bits per heavy atom. The van der Waals surface area contributed by atoms with E-state index in [0.29, 0.717) is 24.6 Å². The van der Waals surface area contributed by atoms with E-state index in [1.807, 2.05) is 0 Å². The monoisotopic (exact) mass is 155 g/mol. The highest BCUT2D eigenvalue weighted by molar-refractivity contribution is 4.95. The van der Waals surface area contributed by atoms with Gasteiger partial charge in [-0.05, 0) is 31.1 Å². The van der Waals surface area contributed by atoms with E-state index in [1.54, 1.807) is 0 Å². The number of fused-ring (bicyclic) bond motifs is 2. The number of piperidine rings is 1. The quantitative estimate of drug-likeness (QED) is 0.586. The average molecular weight is 155 g/mol. The van der Waals surface area contributed by atoms with Crippen LogP contribution in [0.3, 0.4) is 0 Å². The first-order valence-corrected chi connectivity index (χ1v) is 4.66. The molecule has 64 valence electrons. The second kappa shape index (κ2) is 2.76. The molecule has 2 nitrogen and oxygen atoms in total. The summed E-state index contributed by atoms with van der Waals surface area (Å²) >= 11 is 0. The lowest BCUT2D eigenvalue weighted by Gasteiger charge is -2.27. The molecule has 0 aliphatic carbocycles. The van der Waals surface area contributed by atoms with Gasteiger partial charge in [-0.15, -0.1) is 0 Å². The molecule has 2 N–H and O–H groups in total. The minimum absolute atomic E-state index is 0.376. The lowest BCUT2D eigenvalue weighted by molar-refractivity contribution is 0.203. The molecule has 0 spiro atoms. The third kappa shape index (κ3) is 1.30. The topological polar surface area (TPSA) is 32.3 Å². The Hall–Kier alpha value is -0.0800. The van der Waals surface area contributed by atoms with Crippen LogP contribution in [0.2, 0.25) is 0 Å². The molecule has 0 saturated carbocycles. The maximum absolute atomic E-state index is 9.06. The summed E-state index contributed by atoms with van der Waals surface area (Å²) < 4.78 is 0. The molecule has 4 atom stereocenters. The van der Waals surface area contributed by atoms with Gasteiger partial charge in [0.15, 0.2) is 0 Å². The Kier molecular flexibility index (Phi) is 1.90. The van der Waals surface area contributed by atoms with Crippen molar-refractivity contribution < 1.29 is 5.11 Å². The molecule has 2 bridgehead atoms. The van der Waals surface area contributed by atoms with Gasteiger partial charge in [0.05, 0.1) is 0 Å². The molecule has 0 aromatic carbocycles. The lowest BCUT2D eigenvalue weighted by Crippen LogP contribution is -2.39. The number of aliphatic hydroxyl groups excluding tert-OH is 1. The van der Waals surface area contributed by atoms with Gasteiger partial charge in [0.2, 0.25) is 0 Å². The Balaban J connectivity index is 2.02. The van der Waals surface area contributed by atoms with Crippen LogP contribution in [0, 0.1) is 11.8 Å². The number of rotatable bonds is 1. The van der Waals surface area contributed by atoms with Crippen LogP contribution in [0.1, 0.15) is 26.2 Å². The molecule has 2 aliphatic heterocycles. The predicted molar refractivity (Wildman–Crippen MR) is 44.3 cm³/mol. The third-order valence-electron chi connectivity index (χ3n) is 3.18. The van der Waals surface area contributed by atoms with E-state index in [0.717, 1.165) is 5.92 Å². The van der Waals surface area contributed by atoms with Gasteiger partial charge in [-0.2, -0.15) is 0 Å². The van der Waals surface area contributed by atoms with Gasteiger partial charge in [0.1, 0.15) is 0 Å². The summed E-state index contributed by atoms with van der Waals surface area (Å²) in [5.74, 6) is 1.41. The van der Waals surface area contributed by atoms with Crippen LogP contribution >= 0.6 is 0 Å². The van der Waals surface area contributed by atoms with Gasteiger partial charge >= 0.3 is 0 Å². The van der Waals surface area contributed by atoms with Crippen molar-refractivity contribution >= 4 is 0 Å². The van der Waals surface area contributed by atoms with Crippen molar-refractivity contribution in [2.24, 2.45) is 11.8 Å².